The Morgan fingerprint density at radius 2 is 2.00 bits per heavy atom. The van der Waals surface area contributed by atoms with Gasteiger partial charge in [0.1, 0.15) is 11.4 Å². The van der Waals surface area contributed by atoms with Gasteiger partial charge in [-0.25, -0.2) is 33.5 Å². The maximum Gasteiger partial charge on any atom is 0.214 e. The van der Waals surface area contributed by atoms with Crippen molar-refractivity contribution < 1.29 is 13.2 Å². The quantitative estimate of drug-likeness (QED) is 0.693. The molecule has 0 bridgehead atoms. The van der Waals surface area contributed by atoms with Crippen molar-refractivity contribution in [1.29, 1.82) is 0 Å². The van der Waals surface area contributed by atoms with Crippen molar-refractivity contribution in [3.63, 3.8) is 0 Å². The van der Waals surface area contributed by atoms with Crippen molar-refractivity contribution in [2.24, 2.45) is 5.14 Å². The van der Waals surface area contributed by atoms with E-state index in [2.05, 4.69) is 19.9 Å². The Balaban J connectivity index is 2.17. The SMILES string of the molecule is CCOc1cccc(-c2nc3ncc(CS(N)(=O)=O)nc3n2C(C)C)n1. The molecule has 0 fully saturated rings. The summed E-state index contributed by atoms with van der Waals surface area (Å²) in [6.45, 7) is 6.35. The van der Waals surface area contributed by atoms with Gasteiger partial charge in [0, 0.05) is 12.1 Å². The third kappa shape index (κ3) is 3.81. The molecular weight excluding hydrogens is 356 g/mol. The number of nitrogens with two attached hydrogens (primary N) is 1. The molecule has 3 rings (SSSR count). The lowest BCUT2D eigenvalue weighted by Crippen LogP contribution is -2.16. The van der Waals surface area contributed by atoms with Crippen LogP contribution in [0.5, 0.6) is 5.88 Å². The van der Waals surface area contributed by atoms with E-state index in [1.165, 1.54) is 6.20 Å². The number of aromatic nitrogens is 5. The second-order valence-electron chi connectivity index (χ2n) is 6.01. The van der Waals surface area contributed by atoms with E-state index in [0.29, 0.717) is 35.3 Å². The first-order valence-electron chi connectivity index (χ1n) is 8.13. The largest absolute Gasteiger partial charge is 0.478 e. The van der Waals surface area contributed by atoms with E-state index >= 15 is 0 Å². The molecule has 0 aliphatic rings. The topological polar surface area (TPSA) is 126 Å². The molecule has 3 heterocycles. The van der Waals surface area contributed by atoms with Crippen molar-refractivity contribution in [1.82, 2.24) is 24.5 Å². The first kappa shape index (κ1) is 18.2. The number of pyridine rings is 1. The first-order chi connectivity index (χ1) is 12.3. The summed E-state index contributed by atoms with van der Waals surface area (Å²) in [5.74, 6) is 0.708. The minimum absolute atomic E-state index is 0.00610. The molecule has 26 heavy (non-hydrogen) atoms. The van der Waals surface area contributed by atoms with Crippen LogP contribution in [-0.4, -0.2) is 39.5 Å². The van der Waals surface area contributed by atoms with E-state index in [4.69, 9.17) is 9.88 Å². The summed E-state index contributed by atoms with van der Waals surface area (Å²) in [4.78, 5) is 17.7. The molecule has 3 aromatic rings. The number of rotatable bonds is 6. The van der Waals surface area contributed by atoms with Crippen LogP contribution >= 0.6 is 0 Å². The molecule has 0 spiro atoms. The summed E-state index contributed by atoms with van der Waals surface area (Å²) >= 11 is 0. The van der Waals surface area contributed by atoms with Gasteiger partial charge in [0.2, 0.25) is 15.9 Å². The van der Waals surface area contributed by atoms with Gasteiger partial charge in [0.05, 0.1) is 18.5 Å². The highest BCUT2D eigenvalue weighted by molar-refractivity contribution is 7.88. The van der Waals surface area contributed by atoms with Crippen molar-refractivity contribution in [3.8, 4) is 17.4 Å². The lowest BCUT2D eigenvalue weighted by molar-refractivity contribution is 0.327. The van der Waals surface area contributed by atoms with Crippen LogP contribution in [0.15, 0.2) is 24.4 Å². The molecule has 0 aromatic carbocycles. The Labute approximate surface area is 151 Å². The molecule has 0 aliphatic heterocycles. The lowest BCUT2D eigenvalue weighted by Gasteiger charge is -2.12. The zero-order chi connectivity index (χ0) is 18.9. The summed E-state index contributed by atoms with van der Waals surface area (Å²) in [6.07, 6.45) is 1.37. The number of hydrogen-bond acceptors (Lipinski definition) is 7. The van der Waals surface area contributed by atoms with Crippen LogP contribution < -0.4 is 9.88 Å². The fourth-order valence-electron chi connectivity index (χ4n) is 2.62. The summed E-state index contributed by atoms with van der Waals surface area (Å²) in [7, 11) is -3.70. The average Bonchev–Trinajstić information content (AvgIpc) is 2.93. The van der Waals surface area contributed by atoms with E-state index in [1.54, 1.807) is 6.07 Å². The highest BCUT2D eigenvalue weighted by atomic mass is 32.2. The van der Waals surface area contributed by atoms with Crippen LogP contribution in [0.25, 0.3) is 22.8 Å². The van der Waals surface area contributed by atoms with Gasteiger partial charge in [0.15, 0.2) is 17.1 Å². The van der Waals surface area contributed by atoms with E-state index < -0.39 is 10.0 Å². The second kappa shape index (κ2) is 6.96. The van der Waals surface area contributed by atoms with E-state index in [1.807, 2.05) is 37.5 Å². The van der Waals surface area contributed by atoms with Crippen LogP contribution in [0.3, 0.4) is 0 Å². The zero-order valence-corrected chi connectivity index (χ0v) is 15.6. The highest BCUT2D eigenvalue weighted by Crippen LogP contribution is 2.26. The summed E-state index contributed by atoms with van der Waals surface area (Å²) in [5, 5.41) is 5.11. The number of ether oxygens (including phenoxy) is 1. The van der Waals surface area contributed by atoms with Crippen LogP contribution in [0, 0.1) is 0 Å². The molecule has 0 saturated carbocycles. The number of primary sulfonamides is 1. The van der Waals surface area contributed by atoms with Gasteiger partial charge in [-0.15, -0.1) is 0 Å². The van der Waals surface area contributed by atoms with Gasteiger partial charge < -0.3 is 9.30 Å². The van der Waals surface area contributed by atoms with Crippen molar-refractivity contribution in [2.45, 2.75) is 32.6 Å². The molecule has 0 radical (unpaired) electrons. The minimum Gasteiger partial charge on any atom is -0.478 e. The summed E-state index contributed by atoms with van der Waals surface area (Å²) in [6, 6.07) is 5.45. The number of sulfonamides is 1. The van der Waals surface area contributed by atoms with Gasteiger partial charge >= 0.3 is 0 Å². The molecule has 0 atom stereocenters. The lowest BCUT2D eigenvalue weighted by atomic mass is 10.3. The van der Waals surface area contributed by atoms with Gasteiger partial charge in [-0.2, -0.15) is 0 Å². The molecule has 10 heteroatoms. The smallest absolute Gasteiger partial charge is 0.214 e. The Morgan fingerprint density at radius 1 is 1.23 bits per heavy atom. The Bertz CT molecular complexity index is 1050. The minimum atomic E-state index is -3.70. The molecule has 0 amide bonds. The Morgan fingerprint density at radius 3 is 2.65 bits per heavy atom. The van der Waals surface area contributed by atoms with Gasteiger partial charge in [-0.3, -0.25) is 0 Å². The molecule has 3 aromatic heterocycles. The van der Waals surface area contributed by atoms with Crippen molar-refractivity contribution in [3.05, 3.63) is 30.1 Å². The van der Waals surface area contributed by atoms with Gasteiger partial charge in [-0.05, 0) is 26.8 Å². The monoisotopic (exact) mass is 376 g/mol. The number of hydrogen-bond donors (Lipinski definition) is 1. The zero-order valence-electron chi connectivity index (χ0n) is 14.7. The molecule has 0 saturated heterocycles. The standard InChI is InChI=1S/C16H20N6O3S/c1-4-25-13-7-5-6-12(20-13)15-21-14-16(22(15)10(2)3)19-11(8-18-14)9-26(17,23)24/h5-8,10H,4,9H2,1-3H3,(H2,17,23,24). The predicted octanol–water partition coefficient (Wildman–Crippen LogP) is 1.66. The van der Waals surface area contributed by atoms with Crippen molar-refractivity contribution in [2.75, 3.05) is 6.61 Å². The fraction of sp³-hybridized carbons (Fsp3) is 0.375. The third-order valence-corrected chi connectivity index (χ3v) is 4.26. The second-order valence-corrected chi connectivity index (χ2v) is 7.62. The van der Waals surface area contributed by atoms with E-state index in [9.17, 15) is 8.42 Å². The van der Waals surface area contributed by atoms with Crippen LogP contribution in [0.1, 0.15) is 32.5 Å². The number of fused-ring (bicyclic) bond motifs is 1. The van der Waals surface area contributed by atoms with Gasteiger partial charge in [0.25, 0.3) is 0 Å². The number of imidazole rings is 1. The molecule has 9 nitrogen and oxygen atoms in total. The third-order valence-electron chi connectivity index (χ3n) is 3.56. The summed E-state index contributed by atoms with van der Waals surface area (Å²) < 4.78 is 30.0. The first-order valence-corrected chi connectivity index (χ1v) is 9.84. The fourth-order valence-corrected chi connectivity index (χ4v) is 3.17. The van der Waals surface area contributed by atoms with Crippen molar-refractivity contribution >= 4 is 21.3 Å². The van der Waals surface area contributed by atoms with E-state index in [-0.39, 0.29) is 17.5 Å². The highest BCUT2D eigenvalue weighted by Gasteiger charge is 2.19. The number of nitrogens with zero attached hydrogens (tertiary/aromatic N) is 5. The van der Waals surface area contributed by atoms with Gasteiger partial charge in [-0.1, -0.05) is 6.07 Å². The molecule has 138 valence electrons. The Hall–Kier alpha value is -2.59. The average molecular weight is 376 g/mol. The maximum absolute atomic E-state index is 11.3. The van der Waals surface area contributed by atoms with E-state index in [0.717, 1.165) is 0 Å². The maximum atomic E-state index is 11.3. The molecule has 0 unspecified atom stereocenters. The molecule has 2 N–H and O–H groups in total. The normalized spacial score (nSPS) is 12.0. The molecular formula is C16H20N6O3S. The van der Waals surface area contributed by atoms with Crippen LogP contribution in [0.4, 0.5) is 0 Å². The van der Waals surface area contributed by atoms with Crippen LogP contribution in [0.2, 0.25) is 0 Å². The predicted molar refractivity (Wildman–Crippen MR) is 96.9 cm³/mol. The van der Waals surface area contributed by atoms with Crippen LogP contribution in [-0.2, 0) is 15.8 Å². The Kier molecular flexibility index (Phi) is 4.88. The summed E-state index contributed by atoms with van der Waals surface area (Å²) in [5.41, 5.74) is 1.79. The molecule has 0 aliphatic carbocycles.